The van der Waals surface area contributed by atoms with E-state index in [2.05, 4.69) is 27.7 Å². The van der Waals surface area contributed by atoms with E-state index >= 15 is 0 Å². The zero-order valence-electron chi connectivity index (χ0n) is 48.9. The van der Waals surface area contributed by atoms with Gasteiger partial charge in [-0.3, -0.25) is 37.3 Å². The number of aliphatic hydroxyl groups is 1. The Morgan fingerprint density at radius 2 is 0.519 bits per heavy atom. The molecule has 77 heavy (non-hydrogen) atoms. The molecule has 0 amide bonds. The van der Waals surface area contributed by atoms with Gasteiger partial charge in [0.05, 0.1) is 26.4 Å². The molecule has 5 atom stereocenters. The third-order valence-electron chi connectivity index (χ3n) is 13.4. The minimum Gasteiger partial charge on any atom is -0.462 e. The highest BCUT2D eigenvalue weighted by molar-refractivity contribution is 7.47. The van der Waals surface area contributed by atoms with Crippen molar-refractivity contribution in [3.8, 4) is 0 Å². The summed E-state index contributed by atoms with van der Waals surface area (Å²) in [6, 6.07) is 0. The molecular weight excluding hydrogens is 1030 g/mol. The maximum absolute atomic E-state index is 12.9. The predicted molar refractivity (Wildman–Crippen MR) is 303 cm³/mol. The van der Waals surface area contributed by atoms with Crippen molar-refractivity contribution in [1.82, 2.24) is 0 Å². The fraction of sp³-hybridized carbons (Fsp3) is 0.931. The molecule has 2 unspecified atom stereocenters. The lowest BCUT2D eigenvalue weighted by Gasteiger charge is -2.21. The van der Waals surface area contributed by atoms with Gasteiger partial charge < -0.3 is 33.8 Å². The second-order valence-electron chi connectivity index (χ2n) is 21.0. The summed E-state index contributed by atoms with van der Waals surface area (Å²) < 4.78 is 67.5. The Kier molecular flexibility index (Phi) is 52.0. The molecule has 0 spiro atoms. The lowest BCUT2D eigenvalue weighted by molar-refractivity contribution is -0.161. The molecule has 456 valence electrons. The van der Waals surface area contributed by atoms with Crippen LogP contribution < -0.4 is 0 Å². The van der Waals surface area contributed by atoms with Crippen LogP contribution in [0.4, 0.5) is 0 Å². The Morgan fingerprint density at radius 1 is 0.312 bits per heavy atom. The first kappa shape index (κ1) is 75.1. The quantitative estimate of drug-likeness (QED) is 0.0222. The Hall–Kier alpha value is -1.94. The van der Waals surface area contributed by atoms with E-state index in [0.717, 1.165) is 116 Å². The van der Waals surface area contributed by atoms with Gasteiger partial charge in [0.15, 0.2) is 12.2 Å². The summed E-state index contributed by atoms with van der Waals surface area (Å²) in [7, 11) is -9.86. The number of carbonyl (C=O) groups is 4. The van der Waals surface area contributed by atoms with E-state index < -0.39 is 97.5 Å². The summed E-state index contributed by atoms with van der Waals surface area (Å²) >= 11 is 0. The van der Waals surface area contributed by atoms with Crippen LogP contribution in [0.3, 0.4) is 0 Å². The van der Waals surface area contributed by atoms with Crippen LogP contribution in [-0.4, -0.2) is 96.7 Å². The molecule has 19 heteroatoms. The molecule has 0 saturated heterocycles. The minimum atomic E-state index is -4.93. The van der Waals surface area contributed by atoms with E-state index in [0.29, 0.717) is 25.7 Å². The summed E-state index contributed by atoms with van der Waals surface area (Å²) in [4.78, 5) is 71.7. The fourth-order valence-corrected chi connectivity index (χ4v) is 10.2. The molecular formula is C58H112O17P2. The zero-order valence-corrected chi connectivity index (χ0v) is 50.7. The molecule has 0 bridgehead atoms. The van der Waals surface area contributed by atoms with Gasteiger partial charge in [-0.25, -0.2) is 9.13 Å². The number of aliphatic hydroxyl groups excluding tert-OH is 1. The van der Waals surface area contributed by atoms with Crippen LogP contribution in [0, 0.1) is 0 Å². The zero-order chi connectivity index (χ0) is 56.9. The molecule has 0 radical (unpaired) electrons. The van der Waals surface area contributed by atoms with Crippen LogP contribution >= 0.6 is 15.6 Å². The summed E-state index contributed by atoms with van der Waals surface area (Å²) in [5, 5.41) is 10.5. The average Bonchev–Trinajstić information content (AvgIpc) is 3.40. The maximum atomic E-state index is 12.9. The summed E-state index contributed by atoms with van der Waals surface area (Å²) in [5.41, 5.74) is 0. The number of hydrogen-bond donors (Lipinski definition) is 3. The lowest BCUT2D eigenvalue weighted by Crippen LogP contribution is -2.30. The SMILES string of the molecule is CCCCCCCCCCCCCCCC(=O)O[C@H](COC(=O)CCCCCCCCCCCC)COP(=O)(O)OC[C@@H](O)COP(=O)(O)OC[C@@H](COC(=O)CCCCCCCCC)OC(=O)CCCCCCCCC. The highest BCUT2D eigenvalue weighted by atomic mass is 31.2. The fourth-order valence-electron chi connectivity index (χ4n) is 8.57. The average molecular weight is 1140 g/mol. The molecule has 0 aromatic rings. The second-order valence-corrected chi connectivity index (χ2v) is 23.9. The van der Waals surface area contributed by atoms with Gasteiger partial charge >= 0.3 is 39.5 Å². The van der Waals surface area contributed by atoms with Gasteiger partial charge in [0.2, 0.25) is 0 Å². The first-order chi connectivity index (χ1) is 37.2. The molecule has 0 aliphatic rings. The van der Waals surface area contributed by atoms with Gasteiger partial charge in [-0.05, 0) is 25.7 Å². The number of rotatable bonds is 59. The third-order valence-corrected chi connectivity index (χ3v) is 15.3. The van der Waals surface area contributed by atoms with Gasteiger partial charge in [0.1, 0.15) is 19.3 Å². The number of unbranched alkanes of at least 4 members (excludes halogenated alkanes) is 33. The number of phosphoric acid groups is 2. The second kappa shape index (κ2) is 53.4. The van der Waals surface area contributed by atoms with Crippen molar-refractivity contribution >= 4 is 39.5 Å². The van der Waals surface area contributed by atoms with Crippen molar-refractivity contribution in [1.29, 1.82) is 0 Å². The molecule has 17 nitrogen and oxygen atoms in total. The van der Waals surface area contributed by atoms with E-state index in [-0.39, 0.29) is 25.7 Å². The number of esters is 4. The predicted octanol–water partition coefficient (Wildman–Crippen LogP) is 15.6. The van der Waals surface area contributed by atoms with Crippen molar-refractivity contribution < 1.29 is 80.2 Å². The van der Waals surface area contributed by atoms with E-state index in [9.17, 15) is 43.2 Å². The molecule has 0 aromatic heterocycles. The normalized spacial score (nSPS) is 14.3. The molecule has 3 N–H and O–H groups in total. The Balaban J connectivity index is 5.18. The van der Waals surface area contributed by atoms with E-state index in [1.807, 2.05) is 0 Å². The standard InChI is InChI=1S/C58H112O17P2/c1-5-9-13-17-21-23-25-26-27-29-33-37-41-45-58(63)75-54(49-69-56(61)43-39-35-32-28-24-22-18-14-10-6-2)51-73-77(66,67)71-47-52(59)46-70-76(64,65)72-50-53(74-57(62)44-40-36-31-20-16-12-8-4)48-68-55(60)42-38-34-30-19-15-11-7-3/h52-54,59H,5-51H2,1-4H3,(H,64,65)(H,66,67)/t52-,53+,54+/m0/s1. The van der Waals surface area contributed by atoms with Crippen LogP contribution in [0.25, 0.3) is 0 Å². The molecule has 0 aliphatic carbocycles. The largest absolute Gasteiger partial charge is 0.472 e. The van der Waals surface area contributed by atoms with Crippen molar-refractivity contribution in [2.75, 3.05) is 39.6 Å². The molecule has 0 aromatic carbocycles. The molecule has 0 heterocycles. The van der Waals surface area contributed by atoms with Crippen molar-refractivity contribution in [3.63, 3.8) is 0 Å². The molecule has 0 rings (SSSR count). The molecule has 0 fully saturated rings. The van der Waals surface area contributed by atoms with Crippen LogP contribution in [-0.2, 0) is 65.4 Å². The smallest absolute Gasteiger partial charge is 0.462 e. The van der Waals surface area contributed by atoms with Gasteiger partial charge in [0.25, 0.3) is 0 Å². The first-order valence-electron chi connectivity index (χ1n) is 30.8. The summed E-state index contributed by atoms with van der Waals surface area (Å²) in [6.45, 7) is 4.76. The Bertz CT molecular complexity index is 1500. The molecule has 0 aliphatic heterocycles. The van der Waals surface area contributed by atoms with Crippen molar-refractivity contribution in [2.45, 2.75) is 309 Å². The van der Waals surface area contributed by atoms with E-state index in [1.54, 1.807) is 0 Å². The van der Waals surface area contributed by atoms with Gasteiger partial charge in [-0.15, -0.1) is 0 Å². The maximum Gasteiger partial charge on any atom is 0.472 e. The van der Waals surface area contributed by atoms with E-state index in [1.165, 1.54) is 96.3 Å². The van der Waals surface area contributed by atoms with Crippen LogP contribution in [0.15, 0.2) is 0 Å². The molecule has 0 saturated carbocycles. The topological polar surface area (TPSA) is 237 Å². The van der Waals surface area contributed by atoms with Crippen molar-refractivity contribution in [3.05, 3.63) is 0 Å². The number of hydrogen-bond acceptors (Lipinski definition) is 15. The minimum absolute atomic E-state index is 0.104. The lowest BCUT2D eigenvalue weighted by atomic mass is 10.0. The van der Waals surface area contributed by atoms with Crippen molar-refractivity contribution in [2.24, 2.45) is 0 Å². The van der Waals surface area contributed by atoms with Gasteiger partial charge in [-0.2, -0.15) is 0 Å². The highest BCUT2D eigenvalue weighted by Gasteiger charge is 2.30. The summed E-state index contributed by atoms with van der Waals surface area (Å²) in [6.07, 6.45) is 36.4. The first-order valence-corrected chi connectivity index (χ1v) is 33.8. The van der Waals surface area contributed by atoms with Gasteiger partial charge in [-0.1, -0.05) is 240 Å². The number of ether oxygens (including phenoxy) is 4. The Labute approximate surface area is 467 Å². The number of carbonyl (C=O) groups excluding carboxylic acids is 4. The van der Waals surface area contributed by atoms with Crippen LogP contribution in [0.2, 0.25) is 0 Å². The Morgan fingerprint density at radius 3 is 0.766 bits per heavy atom. The number of phosphoric ester groups is 2. The van der Waals surface area contributed by atoms with E-state index in [4.69, 9.17) is 37.0 Å². The van der Waals surface area contributed by atoms with Gasteiger partial charge in [0, 0.05) is 25.7 Å². The third kappa shape index (κ3) is 53.2. The highest BCUT2D eigenvalue weighted by Crippen LogP contribution is 2.45. The monoisotopic (exact) mass is 1140 g/mol. The van der Waals surface area contributed by atoms with Crippen LogP contribution in [0.1, 0.15) is 291 Å². The van der Waals surface area contributed by atoms with Crippen LogP contribution in [0.5, 0.6) is 0 Å². The summed E-state index contributed by atoms with van der Waals surface area (Å²) in [5.74, 6) is -2.15.